The molecule has 0 amide bonds. The first-order valence-corrected chi connectivity index (χ1v) is 6.23. The smallest absolute Gasteiger partial charge is 0.388 e. The normalized spacial score (nSPS) is 13.6. The summed E-state index contributed by atoms with van der Waals surface area (Å²) in [6, 6.07) is 8.74. The molecule has 1 N–H and O–H groups in total. The summed E-state index contributed by atoms with van der Waals surface area (Å²) in [7, 11) is 0. The van der Waals surface area contributed by atoms with Gasteiger partial charge >= 0.3 is 6.18 Å². The van der Waals surface area contributed by atoms with Gasteiger partial charge in [-0.2, -0.15) is 13.2 Å². The highest BCUT2D eigenvalue weighted by Crippen LogP contribution is 2.35. The minimum Gasteiger partial charge on any atom is -0.388 e. The largest absolute Gasteiger partial charge is 0.416 e. The molecule has 0 bridgehead atoms. The van der Waals surface area contributed by atoms with E-state index in [1.807, 2.05) is 11.4 Å². The molecular formula is C13H11F3OS. The van der Waals surface area contributed by atoms with Crippen LogP contribution in [0.2, 0.25) is 0 Å². The van der Waals surface area contributed by atoms with Gasteiger partial charge in [-0.25, -0.2) is 0 Å². The zero-order valence-electron chi connectivity index (χ0n) is 9.32. The van der Waals surface area contributed by atoms with Crippen LogP contribution in [0.25, 0.3) is 0 Å². The average Bonchev–Trinajstić information content (AvgIpc) is 2.80. The third kappa shape index (κ3) is 2.91. The minimum atomic E-state index is -4.44. The van der Waals surface area contributed by atoms with Gasteiger partial charge in [0.15, 0.2) is 0 Å². The number of hydrogen-bond donors (Lipinski definition) is 1. The standard InChI is InChI=1S/C13H11F3OS/c14-13(15,16)11-6-2-1-5-10(11)12(17)8-9-4-3-7-18-9/h1-7,12,17H,8H2. The molecule has 1 aromatic heterocycles. The number of thiophene rings is 1. The first kappa shape index (κ1) is 13.1. The quantitative estimate of drug-likeness (QED) is 0.894. The number of aliphatic hydroxyl groups excluding tert-OH is 1. The molecule has 0 aliphatic heterocycles. The van der Waals surface area contributed by atoms with Crippen molar-refractivity contribution in [3.8, 4) is 0 Å². The highest BCUT2D eigenvalue weighted by Gasteiger charge is 2.34. The van der Waals surface area contributed by atoms with E-state index in [0.717, 1.165) is 10.9 Å². The number of hydrogen-bond acceptors (Lipinski definition) is 2. The summed E-state index contributed by atoms with van der Waals surface area (Å²) in [4.78, 5) is 0.861. The van der Waals surface area contributed by atoms with Crippen LogP contribution in [0.5, 0.6) is 0 Å². The molecule has 0 saturated heterocycles. The minimum absolute atomic E-state index is 0.0709. The van der Waals surface area contributed by atoms with E-state index in [1.54, 1.807) is 6.07 Å². The van der Waals surface area contributed by atoms with Crippen molar-refractivity contribution in [1.82, 2.24) is 0 Å². The lowest BCUT2D eigenvalue weighted by molar-refractivity contribution is -0.139. The Hall–Kier alpha value is -1.33. The van der Waals surface area contributed by atoms with Crippen LogP contribution in [0.1, 0.15) is 22.1 Å². The molecule has 2 aromatic rings. The zero-order chi connectivity index (χ0) is 13.2. The van der Waals surface area contributed by atoms with Crippen LogP contribution in [0, 0.1) is 0 Å². The molecule has 0 fully saturated rings. The number of aliphatic hydroxyl groups is 1. The second-order valence-electron chi connectivity index (χ2n) is 3.88. The van der Waals surface area contributed by atoms with Crippen LogP contribution in [0.15, 0.2) is 41.8 Å². The number of halogens is 3. The molecule has 2 rings (SSSR count). The first-order chi connectivity index (χ1) is 8.48. The molecule has 0 saturated carbocycles. The fraction of sp³-hybridized carbons (Fsp3) is 0.231. The van der Waals surface area contributed by atoms with Crippen LogP contribution in [-0.2, 0) is 12.6 Å². The van der Waals surface area contributed by atoms with Crippen molar-refractivity contribution in [1.29, 1.82) is 0 Å². The number of rotatable bonds is 3. The molecule has 0 aliphatic rings. The SMILES string of the molecule is OC(Cc1cccs1)c1ccccc1C(F)(F)F. The van der Waals surface area contributed by atoms with Crippen LogP contribution >= 0.6 is 11.3 Å². The molecular weight excluding hydrogens is 261 g/mol. The molecule has 1 heterocycles. The van der Waals surface area contributed by atoms with Crippen molar-refractivity contribution in [2.75, 3.05) is 0 Å². The Kier molecular flexibility index (Phi) is 3.73. The van der Waals surface area contributed by atoms with Crippen molar-refractivity contribution in [2.45, 2.75) is 18.7 Å². The van der Waals surface area contributed by atoms with Gasteiger partial charge in [0.25, 0.3) is 0 Å². The molecule has 1 nitrogen and oxygen atoms in total. The highest BCUT2D eigenvalue weighted by molar-refractivity contribution is 7.09. The Morgan fingerprint density at radius 3 is 2.44 bits per heavy atom. The lowest BCUT2D eigenvalue weighted by atomic mass is 9.99. The van der Waals surface area contributed by atoms with Crippen molar-refractivity contribution in [3.05, 3.63) is 57.8 Å². The lowest BCUT2D eigenvalue weighted by Gasteiger charge is -2.16. The Labute approximate surface area is 107 Å². The van der Waals surface area contributed by atoms with Gasteiger partial charge in [-0.15, -0.1) is 11.3 Å². The lowest BCUT2D eigenvalue weighted by Crippen LogP contribution is -2.12. The predicted molar refractivity (Wildman–Crippen MR) is 64.4 cm³/mol. The van der Waals surface area contributed by atoms with E-state index in [1.165, 1.54) is 29.5 Å². The van der Waals surface area contributed by atoms with Gasteiger partial charge in [-0.3, -0.25) is 0 Å². The summed E-state index contributed by atoms with van der Waals surface area (Å²) in [6.45, 7) is 0. The van der Waals surface area contributed by atoms with E-state index in [-0.39, 0.29) is 12.0 Å². The summed E-state index contributed by atoms with van der Waals surface area (Å²) in [6.07, 6.45) is -5.38. The topological polar surface area (TPSA) is 20.2 Å². The summed E-state index contributed by atoms with van der Waals surface area (Å²) in [5.41, 5.74) is -0.840. The third-order valence-corrected chi connectivity index (χ3v) is 3.50. The van der Waals surface area contributed by atoms with Crippen LogP contribution in [0.4, 0.5) is 13.2 Å². The van der Waals surface area contributed by atoms with Crippen molar-refractivity contribution in [2.24, 2.45) is 0 Å². The highest BCUT2D eigenvalue weighted by atomic mass is 32.1. The second-order valence-corrected chi connectivity index (χ2v) is 4.92. The van der Waals surface area contributed by atoms with E-state index in [0.29, 0.717) is 0 Å². The van der Waals surface area contributed by atoms with E-state index in [2.05, 4.69) is 0 Å². The molecule has 18 heavy (non-hydrogen) atoms. The van der Waals surface area contributed by atoms with E-state index in [4.69, 9.17) is 0 Å². The Morgan fingerprint density at radius 2 is 1.83 bits per heavy atom. The number of alkyl halides is 3. The third-order valence-electron chi connectivity index (χ3n) is 2.60. The summed E-state index contributed by atoms with van der Waals surface area (Å²) < 4.78 is 38.3. The molecule has 0 spiro atoms. The summed E-state index contributed by atoms with van der Waals surface area (Å²) in [5.74, 6) is 0. The molecule has 1 atom stereocenters. The van der Waals surface area contributed by atoms with E-state index in [9.17, 15) is 18.3 Å². The van der Waals surface area contributed by atoms with Crippen molar-refractivity contribution in [3.63, 3.8) is 0 Å². The monoisotopic (exact) mass is 272 g/mol. The zero-order valence-corrected chi connectivity index (χ0v) is 10.1. The fourth-order valence-electron chi connectivity index (χ4n) is 1.77. The maximum atomic E-state index is 12.8. The summed E-state index contributed by atoms with van der Waals surface area (Å²) >= 11 is 1.42. The van der Waals surface area contributed by atoms with Gasteiger partial charge in [0.05, 0.1) is 11.7 Å². The van der Waals surface area contributed by atoms with E-state index >= 15 is 0 Å². The van der Waals surface area contributed by atoms with Gasteiger partial charge < -0.3 is 5.11 Å². The maximum absolute atomic E-state index is 12.8. The van der Waals surface area contributed by atoms with Crippen LogP contribution < -0.4 is 0 Å². The van der Waals surface area contributed by atoms with Gasteiger partial charge in [0.2, 0.25) is 0 Å². The molecule has 5 heteroatoms. The first-order valence-electron chi connectivity index (χ1n) is 5.35. The molecule has 1 aromatic carbocycles. The van der Waals surface area contributed by atoms with Crippen LogP contribution in [-0.4, -0.2) is 5.11 Å². The van der Waals surface area contributed by atoms with Gasteiger partial charge in [0.1, 0.15) is 0 Å². The molecule has 96 valence electrons. The molecule has 0 radical (unpaired) electrons. The van der Waals surface area contributed by atoms with Gasteiger partial charge in [0, 0.05) is 11.3 Å². The van der Waals surface area contributed by atoms with Gasteiger partial charge in [-0.05, 0) is 23.1 Å². The van der Waals surface area contributed by atoms with Crippen LogP contribution in [0.3, 0.4) is 0 Å². The molecule has 1 unspecified atom stereocenters. The second kappa shape index (κ2) is 5.12. The Bertz CT molecular complexity index is 505. The van der Waals surface area contributed by atoms with Crippen molar-refractivity contribution < 1.29 is 18.3 Å². The fourth-order valence-corrected chi connectivity index (χ4v) is 2.52. The summed E-state index contributed by atoms with van der Waals surface area (Å²) in [5, 5.41) is 11.8. The predicted octanol–water partition coefficient (Wildman–Crippen LogP) is 4.04. The number of benzene rings is 1. The van der Waals surface area contributed by atoms with Gasteiger partial charge in [-0.1, -0.05) is 24.3 Å². The average molecular weight is 272 g/mol. The van der Waals surface area contributed by atoms with E-state index < -0.39 is 17.8 Å². The maximum Gasteiger partial charge on any atom is 0.416 e. The Balaban J connectivity index is 2.27. The molecule has 0 aliphatic carbocycles. The van der Waals surface area contributed by atoms with Crippen molar-refractivity contribution >= 4 is 11.3 Å². The Morgan fingerprint density at radius 1 is 1.11 bits per heavy atom.